The predicted octanol–water partition coefficient (Wildman–Crippen LogP) is 1.89. The number of aromatic nitrogens is 1. The van der Waals surface area contributed by atoms with Crippen LogP contribution in [0.3, 0.4) is 0 Å². The zero-order valence-corrected chi connectivity index (χ0v) is 16.3. The molecule has 0 amide bonds. The number of carbonyl (C=O) groups is 1. The van der Waals surface area contributed by atoms with Crippen LogP contribution in [0.1, 0.15) is 27.9 Å². The maximum absolute atomic E-state index is 15.2. The van der Waals surface area contributed by atoms with Crippen molar-refractivity contribution in [2.75, 3.05) is 18.0 Å². The zero-order chi connectivity index (χ0) is 19.7. The molecule has 29 heavy (non-hydrogen) atoms. The van der Waals surface area contributed by atoms with E-state index in [-0.39, 0.29) is 35.3 Å². The van der Waals surface area contributed by atoms with Gasteiger partial charge < -0.3 is 25.8 Å². The van der Waals surface area contributed by atoms with Gasteiger partial charge in [-0.15, -0.1) is 12.4 Å². The summed E-state index contributed by atoms with van der Waals surface area (Å²) < 4.78 is 15.2. The second-order valence-electron chi connectivity index (χ2n) is 7.96. The van der Waals surface area contributed by atoms with Crippen molar-refractivity contribution in [3.63, 3.8) is 0 Å². The molecule has 3 atom stereocenters. The smallest absolute Gasteiger partial charge is 0.345 e. The number of H-pyrrole nitrogens is 1. The summed E-state index contributed by atoms with van der Waals surface area (Å²) in [6.07, 6.45) is 1.53. The molecule has 7 nitrogen and oxygen atoms in total. The van der Waals surface area contributed by atoms with Gasteiger partial charge in [0.1, 0.15) is 11.6 Å². The lowest BCUT2D eigenvalue weighted by Crippen LogP contribution is -2.28. The van der Waals surface area contributed by atoms with Crippen LogP contribution in [-0.2, 0) is 12.8 Å². The van der Waals surface area contributed by atoms with Gasteiger partial charge in [0, 0.05) is 35.9 Å². The van der Waals surface area contributed by atoms with E-state index in [1.165, 1.54) is 6.07 Å². The lowest BCUT2D eigenvalue weighted by Gasteiger charge is -2.23. The lowest BCUT2D eigenvalue weighted by atomic mass is 9.98. The summed E-state index contributed by atoms with van der Waals surface area (Å²) in [7, 11) is 0. The van der Waals surface area contributed by atoms with E-state index in [0.717, 1.165) is 24.3 Å². The van der Waals surface area contributed by atoms with E-state index >= 15 is 4.39 Å². The van der Waals surface area contributed by atoms with Crippen molar-refractivity contribution < 1.29 is 19.4 Å². The molecule has 2 aliphatic carbocycles. The third kappa shape index (κ3) is 2.89. The van der Waals surface area contributed by atoms with Gasteiger partial charge in [0.05, 0.1) is 5.69 Å². The molecule has 9 heteroatoms. The summed E-state index contributed by atoms with van der Waals surface area (Å²) in [5, 5.41) is 19.6. The maximum Gasteiger partial charge on any atom is 0.345 e. The number of anilines is 1. The second kappa shape index (κ2) is 6.74. The van der Waals surface area contributed by atoms with E-state index in [0.29, 0.717) is 31.1 Å². The number of aromatic hydroxyl groups is 1. The molecule has 1 aromatic heterocycles. The number of halogens is 2. The fraction of sp³-hybridized carbons (Fsp3) is 0.400. The van der Waals surface area contributed by atoms with Crippen LogP contribution < -0.4 is 16.2 Å². The Labute approximate surface area is 171 Å². The number of aromatic amines is 1. The number of carboxylic acids is 1. The van der Waals surface area contributed by atoms with E-state index in [4.69, 9.17) is 5.73 Å². The minimum absolute atomic E-state index is 0. The molecule has 0 spiro atoms. The Balaban J connectivity index is 0.00000205. The first kappa shape index (κ1) is 19.7. The summed E-state index contributed by atoms with van der Waals surface area (Å²) in [4.78, 5) is 28.1. The molecule has 2 heterocycles. The number of fused-ring (bicyclic) bond motifs is 4. The molecule has 5 N–H and O–H groups in total. The summed E-state index contributed by atoms with van der Waals surface area (Å²) >= 11 is 0. The van der Waals surface area contributed by atoms with Gasteiger partial charge in [-0.3, -0.25) is 4.79 Å². The van der Waals surface area contributed by atoms with Crippen molar-refractivity contribution in [3.8, 4) is 17.0 Å². The standard InChI is InChI=1S/C20H20FN3O4.ClH/c21-13-5-9(24-6-11-12(7-24)16(11)22)4-8-2-1-3-10-17(14(8)13)23-19(26)15(18(10)25)20(27)28;/h4-5,11-12,16H,1-3,6-7,22H2,(H,27,28)(H2,23,25,26);1H/t11-,12+,16?;. The number of hydrogen-bond donors (Lipinski definition) is 4. The van der Waals surface area contributed by atoms with Gasteiger partial charge in [0.15, 0.2) is 5.56 Å². The Morgan fingerprint density at radius 3 is 2.59 bits per heavy atom. The number of benzene rings is 1. The number of piperidine rings is 1. The fourth-order valence-corrected chi connectivity index (χ4v) is 4.83. The summed E-state index contributed by atoms with van der Waals surface area (Å²) in [5.74, 6) is -1.61. The first-order valence-electron chi connectivity index (χ1n) is 9.41. The van der Waals surface area contributed by atoms with E-state index < -0.39 is 28.7 Å². The van der Waals surface area contributed by atoms with Crippen molar-refractivity contribution in [3.05, 3.63) is 45.0 Å². The number of nitrogens with one attached hydrogen (secondary N) is 1. The fourth-order valence-electron chi connectivity index (χ4n) is 4.83. The number of nitrogens with two attached hydrogens (primary N) is 1. The Morgan fingerprint density at radius 2 is 1.93 bits per heavy atom. The molecule has 1 saturated heterocycles. The van der Waals surface area contributed by atoms with Gasteiger partial charge in [-0.2, -0.15) is 0 Å². The predicted molar refractivity (Wildman–Crippen MR) is 108 cm³/mol. The molecule has 0 bridgehead atoms. The number of hydrogen-bond acceptors (Lipinski definition) is 5. The van der Waals surface area contributed by atoms with E-state index in [1.807, 2.05) is 6.07 Å². The van der Waals surface area contributed by atoms with Crippen molar-refractivity contribution in [2.45, 2.75) is 25.3 Å². The summed E-state index contributed by atoms with van der Waals surface area (Å²) in [6.45, 7) is 1.64. The van der Waals surface area contributed by atoms with Gasteiger partial charge in [-0.05, 0) is 48.8 Å². The normalized spacial score (nSPS) is 24.1. The monoisotopic (exact) mass is 421 g/mol. The Morgan fingerprint density at radius 1 is 1.24 bits per heavy atom. The van der Waals surface area contributed by atoms with Gasteiger partial charge in [-0.1, -0.05) is 0 Å². The molecule has 2 aromatic rings. The number of nitrogens with zero attached hydrogens (tertiary/aromatic N) is 1. The highest BCUT2D eigenvalue weighted by Gasteiger charge is 2.53. The molecule has 3 aliphatic rings. The van der Waals surface area contributed by atoms with Crippen molar-refractivity contribution in [1.82, 2.24) is 4.98 Å². The van der Waals surface area contributed by atoms with Crippen molar-refractivity contribution in [1.29, 1.82) is 0 Å². The van der Waals surface area contributed by atoms with Crippen LogP contribution in [0.15, 0.2) is 16.9 Å². The number of aryl methyl sites for hydroxylation is 1. The number of carboxylic acid groups (broad SMARTS) is 1. The van der Waals surface area contributed by atoms with Gasteiger partial charge in [0.2, 0.25) is 0 Å². The van der Waals surface area contributed by atoms with E-state index in [1.54, 1.807) is 0 Å². The minimum Gasteiger partial charge on any atom is -0.506 e. The van der Waals surface area contributed by atoms with Crippen LogP contribution in [-0.4, -0.2) is 40.3 Å². The van der Waals surface area contributed by atoms with Crippen LogP contribution >= 0.6 is 12.4 Å². The van der Waals surface area contributed by atoms with Crippen LogP contribution in [0.4, 0.5) is 10.1 Å². The van der Waals surface area contributed by atoms with Crippen LogP contribution in [0.25, 0.3) is 11.3 Å². The quantitative estimate of drug-likeness (QED) is 0.587. The third-order valence-electron chi connectivity index (χ3n) is 6.41. The molecule has 5 rings (SSSR count). The molecule has 1 aromatic carbocycles. The van der Waals surface area contributed by atoms with E-state index in [9.17, 15) is 19.8 Å². The molecular weight excluding hydrogens is 401 g/mol. The maximum atomic E-state index is 15.2. The molecule has 2 fully saturated rings. The SMILES string of the molecule is Cl.NC1[C@H]2CN(c3cc(F)c4c(c3)CCCc3c-4[nH]c(=O)c(C(=O)O)c3O)C[C@@H]12. The van der Waals surface area contributed by atoms with Crippen LogP contribution in [0, 0.1) is 17.7 Å². The minimum atomic E-state index is -1.51. The molecule has 1 saturated carbocycles. The highest BCUT2D eigenvalue weighted by Crippen LogP contribution is 2.46. The number of aromatic carboxylic acids is 1. The lowest BCUT2D eigenvalue weighted by molar-refractivity contribution is 0.0691. The molecule has 0 radical (unpaired) electrons. The topological polar surface area (TPSA) is 120 Å². The zero-order valence-electron chi connectivity index (χ0n) is 15.4. The Hall–Kier alpha value is -2.58. The largest absolute Gasteiger partial charge is 0.506 e. The summed E-state index contributed by atoms with van der Waals surface area (Å²) in [6, 6.07) is 3.64. The average molecular weight is 422 g/mol. The van der Waals surface area contributed by atoms with E-state index in [2.05, 4.69) is 9.88 Å². The highest BCUT2D eigenvalue weighted by molar-refractivity contribution is 5.92. The average Bonchev–Trinajstić information content (AvgIpc) is 3.06. The number of rotatable bonds is 2. The number of pyridine rings is 1. The van der Waals surface area contributed by atoms with Crippen LogP contribution in [0.2, 0.25) is 0 Å². The molecule has 154 valence electrons. The van der Waals surface area contributed by atoms with Crippen LogP contribution in [0.5, 0.6) is 5.75 Å². The Kier molecular flexibility index (Phi) is 4.59. The highest BCUT2D eigenvalue weighted by atomic mass is 35.5. The van der Waals surface area contributed by atoms with Gasteiger partial charge >= 0.3 is 5.97 Å². The summed E-state index contributed by atoms with van der Waals surface area (Å²) in [5.41, 5.74) is 6.58. The van der Waals surface area contributed by atoms with Crippen molar-refractivity contribution in [2.24, 2.45) is 17.6 Å². The van der Waals surface area contributed by atoms with Gasteiger partial charge in [-0.25, -0.2) is 9.18 Å². The second-order valence-corrected chi connectivity index (χ2v) is 7.96. The first-order chi connectivity index (χ1) is 13.4. The Bertz CT molecular complexity index is 1070. The third-order valence-corrected chi connectivity index (χ3v) is 6.41. The molecular formula is C20H21ClFN3O4. The molecule has 1 aliphatic heterocycles. The van der Waals surface area contributed by atoms with Crippen molar-refractivity contribution >= 4 is 24.1 Å². The molecule has 1 unspecified atom stereocenters. The first-order valence-corrected chi connectivity index (χ1v) is 9.41. The van der Waals surface area contributed by atoms with Gasteiger partial charge in [0.25, 0.3) is 5.56 Å².